The number of methoxy groups -OCH3 is 1. The highest BCUT2D eigenvalue weighted by Gasteiger charge is 2.13. The van der Waals surface area contributed by atoms with Crippen molar-refractivity contribution in [3.8, 4) is 5.75 Å². The molecule has 0 saturated carbocycles. The SMILES string of the molecule is COc1cccc2cc(C(C)NCCOCC(F)F)oc12. The van der Waals surface area contributed by atoms with Crippen molar-refractivity contribution in [1.82, 2.24) is 5.32 Å². The quantitative estimate of drug-likeness (QED) is 0.759. The van der Waals surface area contributed by atoms with Gasteiger partial charge in [-0.25, -0.2) is 8.78 Å². The van der Waals surface area contributed by atoms with Crippen molar-refractivity contribution in [3.05, 3.63) is 30.0 Å². The highest BCUT2D eigenvalue weighted by atomic mass is 19.3. The zero-order valence-electron chi connectivity index (χ0n) is 12.1. The molecule has 116 valence electrons. The maximum Gasteiger partial charge on any atom is 0.261 e. The lowest BCUT2D eigenvalue weighted by atomic mass is 10.2. The van der Waals surface area contributed by atoms with Gasteiger partial charge in [0.1, 0.15) is 12.4 Å². The van der Waals surface area contributed by atoms with Crippen molar-refractivity contribution in [3.63, 3.8) is 0 Å². The summed E-state index contributed by atoms with van der Waals surface area (Å²) in [6.45, 7) is 2.12. The summed E-state index contributed by atoms with van der Waals surface area (Å²) in [6.07, 6.45) is -2.43. The van der Waals surface area contributed by atoms with Crippen LogP contribution in [-0.4, -0.2) is 33.3 Å². The van der Waals surface area contributed by atoms with Gasteiger partial charge in [-0.2, -0.15) is 0 Å². The van der Waals surface area contributed by atoms with Gasteiger partial charge in [0, 0.05) is 11.9 Å². The standard InChI is InChI=1S/C15H19F2NO3/c1-10(18-6-7-20-9-14(16)17)13-8-11-4-3-5-12(19-2)15(11)21-13/h3-5,8,10,14,18H,6-7,9H2,1-2H3. The second-order valence-electron chi connectivity index (χ2n) is 4.67. The Bertz CT molecular complexity index is 571. The van der Waals surface area contributed by atoms with E-state index in [1.165, 1.54) is 0 Å². The van der Waals surface area contributed by atoms with Crippen LogP contribution in [-0.2, 0) is 4.74 Å². The molecule has 0 spiro atoms. The van der Waals surface area contributed by atoms with Crippen LogP contribution >= 0.6 is 0 Å². The Labute approximate surface area is 122 Å². The molecule has 0 fully saturated rings. The number of ether oxygens (including phenoxy) is 2. The Morgan fingerprint density at radius 3 is 2.86 bits per heavy atom. The molecule has 0 aliphatic heterocycles. The Morgan fingerprint density at radius 2 is 2.14 bits per heavy atom. The van der Waals surface area contributed by atoms with Gasteiger partial charge in [-0.1, -0.05) is 12.1 Å². The number of furan rings is 1. The number of hydrogen-bond acceptors (Lipinski definition) is 4. The molecule has 0 bridgehead atoms. The molecule has 1 atom stereocenters. The van der Waals surface area contributed by atoms with E-state index in [9.17, 15) is 8.78 Å². The van der Waals surface area contributed by atoms with Crippen molar-refractivity contribution >= 4 is 11.0 Å². The summed E-state index contributed by atoms with van der Waals surface area (Å²) in [5.41, 5.74) is 0.706. The molecule has 1 aromatic heterocycles. The van der Waals surface area contributed by atoms with Crippen LogP contribution in [0.2, 0.25) is 0 Å². The summed E-state index contributed by atoms with van der Waals surface area (Å²) in [7, 11) is 1.60. The smallest absolute Gasteiger partial charge is 0.261 e. The third kappa shape index (κ3) is 4.15. The van der Waals surface area contributed by atoms with Gasteiger partial charge in [-0.15, -0.1) is 0 Å². The van der Waals surface area contributed by atoms with Crippen molar-refractivity contribution in [1.29, 1.82) is 0 Å². The second-order valence-corrected chi connectivity index (χ2v) is 4.67. The van der Waals surface area contributed by atoms with E-state index in [-0.39, 0.29) is 12.6 Å². The fourth-order valence-electron chi connectivity index (χ4n) is 2.05. The Balaban J connectivity index is 1.92. The topological polar surface area (TPSA) is 43.6 Å². The lowest BCUT2D eigenvalue weighted by Crippen LogP contribution is -2.23. The van der Waals surface area contributed by atoms with Crippen LogP contribution in [0.5, 0.6) is 5.75 Å². The molecule has 0 aliphatic carbocycles. The van der Waals surface area contributed by atoms with E-state index in [1.807, 2.05) is 31.2 Å². The third-order valence-electron chi connectivity index (χ3n) is 3.11. The summed E-state index contributed by atoms with van der Waals surface area (Å²) in [6, 6.07) is 7.58. The van der Waals surface area contributed by atoms with Gasteiger partial charge in [0.2, 0.25) is 0 Å². The number of para-hydroxylation sites is 1. The molecule has 1 unspecified atom stereocenters. The van der Waals surface area contributed by atoms with Gasteiger partial charge in [0.05, 0.1) is 19.8 Å². The Hall–Kier alpha value is -1.66. The first kappa shape index (κ1) is 15.7. The maximum atomic E-state index is 11.9. The van der Waals surface area contributed by atoms with Gasteiger partial charge in [-0.3, -0.25) is 0 Å². The molecule has 6 heteroatoms. The fraction of sp³-hybridized carbons (Fsp3) is 0.467. The van der Waals surface area contributed by atoms with Gasteiger partial charge >= 0.3 is 0 Å². The number of benzene rings is 1. The van der Waals surface area contributed by atoms with Crippen LogP contribution in [0.4, 0.5) is 8.78 Å². The Morgan fingerprint density at radius 1 is 1.33 bits per heavy atom. The van der Waals surface area contributed by atoms with Gasteiger partial charge < -0.3 is 19.2 Å². The average Bonchev–Trinajstić information content (AvgIpc) is 2.90. The number of hydrogen-bond donors (Lipinski definition) is 1. The first-order chi connectivity index (χ1) is 10.1. The van der Waals surface area contributed by atoms with Gasteiger partial charge in [0.15, 0.2) is 11.3 Å². The molecular weight excluding hydrogens is 280 g/mol. The molecule has 0 saturated heterocycles. The summed E-state index contributed by atoms with van der Waals surface area (Å²) in [5, 5.41) is 4.13. The lowest BCUT2D eigenvalue weighted by Gasteiger charge is -2.11. The van der Waals surface area contributed by atoms with Crippen LogP contribution in [0, 0.1) is 0 Å². The van der Waals surface area contributed by atoms with E-state index in [2.05, 4.69) is 5.32 Å². The highest BCUT2D eigenvalue weighted by molar-refractivity contribution is 5.83. The molecule has 21 heavy (non-hydrogen) atoms. The molecular formula is C15H19F2NO3. The number of nitrogens with one attached hydrogen (secondary N) is 1. The minimum absolute atomic E-state index is 0.0442. The van der Waals surface area contributed by atoms with Crippen molar-refractivity contribution in [2.45, 2.75) is 19.4 Å². The number of halogens is 2. The predicted molar refractivity (Wildman–Crippen MR) is 76.0 cm³/mol. The maximum absolute atomic E-state index is 11.9. The predicted octanol–water partition coefficient (Wildman–Crippen LogP) is 3.37. The van der Waals surface area contributed by atoms with Gasteiger partial charge in [-0.05, 0) is 19.1 Å². The van der Waals surface area contributed by atoms with Crippen LogP contribution in [0.1, 0.15) is 18.7 Å². The first-order valence-corrected chi connectivity index (χ1v) is 6.77. The fourth-order valence-corrected chi connectivity index (χ4v) is 2.05. The molecule has 2 aromatic rings. The summed E-state index contributed by atoms with van der Waals surface area (Å²) >= 11 is 0. The lowest BCUT2D eigenvalue weighted by molar-refractivity contribution is 0.0182. The van der Waals surface area contributed by atoms with Crippen LogP contribution in [0.3, 0.4) is 0 Å². The van der Waals surface area contributed by atoms with Crippen LogP contribution in [0.15, 0.2) is 28.7 Å². The molecule has 1 N–H and O–H groups in total. The molecule has 2 rings (SSSR count). The minimum atomic E-state index is -2.43. The normalized spacial score (nSPS) is 13.0. The van der Waals surface area contributed by atoms with E-state index >= 15 is 0 Å². The van der Waals surface area contributed by atoms with E-state index in [1.54, 1.807) is 7.11 Å². The summed E-state index contributed by atoms with van der Waals surface area (Å²) < 4.78 is 39.7. The van der Waals surface area contributed by atoms with Crippen LogP contribution < -0.4 is 10.1 Å². The second kappa shape index (κ2) is 7.38. The highest BCUT2D eigenvalue weighted by Crippen LogP contribution is 2.30. The zero-order chi connectivity index (χ0) is 15.2. The third-order valence-corrected chi connectivity index (χ3v) is 3.11. The van der Waals surface area contributed by atoms with E-state index in [0.29, 0.717) is 17.9 Å². The first-order valence-electron chi connectivity index (χ1n) is 6.77. The summed E-state index contributed by atoms with van der Waals surface area (Å²) in [5.74, 6) is 1.45. The monoisotopic (exact) mass is 299 g/mol. The van der Waals surface area contributed by atoms with E-state index in [0.717, 1.165) is 11.1 Å². The number of alkyl halides is 2. The van der Waals surface area contributed by atoms with Crippen LogP contribution in [0.25, 0.3) is 11.0 Å². The summed E-state index contributed by atoms with van der Waals surface area (Å²) in [4.78, 5) is 0. The molecule has 1 aromatic carbocycles. The van der Waals surface area contributed by atoms with E-state index in [4.69, 9.17) is 13.9 Å². The average molecular weight is 299 g/mol. The molecule has 0 aliphatic rings. The molecule has 4 nitrogen and oxygen atoms in total. The largest absolute Gasteiger partial charge is 0.493 e. The zero-order valence-corrected chi connectivity index (χ0v) is 12.1. The molecule has 1 heterocycles. The molecule has 0 radical (unpaired) electrons. The van der Waals surface area contributed by atoms with Crippen molar-refractivity contribution in [2.24, 2.45) is 0 Å². The number of fused-ring (bicyclic) bond motifs is 1. The molecule has 0 amide bonds. The number of rotatable bonds is 8. The van der Waals surface area contributed by atoms with Crippen molar-refractivity contribution < 1.29 is 22.7 Å². The van der Waals surface area contributed by atoms with Crippen molar-refractivity contribution in [2.75, 3.05) is 26.9 Å². The van der Waals surface area contributed by atoms with Gasteiger partial charge in [0.25, 0.3) is 6.43 Å². The Kier molecular flexibility index (Phi) is 5.52. The van der Waals surface area contributed by atoms with E-state index < -0.39 is 13.0 Å². The minimum Gasteiger partial charge on any atom is -0.493 e.